The second-order valence-corrected chi connectivity index (χ2v) is 3.30. The summed E-state index contributed by atoms with van der Waals surface area (Å²) < 4.78 is 0. The largest absolute Gasteiger partial charge is 0.326 e. The van der Waals surface area contributed by atoms with Gasteiger partial charge in [-0.05, 0) is 31.5 Å². The number of aryl methyl sites for hydroxylation is 1. The monoisotopic (exact) mass is 191 g/mol. The molecular weight excluding hydrogens is 178 g/mol. The summed E-state index contributed by atoms with van der Waals surface area (Å²) in [5, 5.41) is 2.65. The minimum Gasteiger partial charge on any atom is -0.326 e. The predicted molar refractivity (Wildman–Crippen MR) is 55.1 cm³/mol. The van der Waals surface area contributed by atoms with Gasteiger partial charge in [-0.25, -0.2) is 0 Å². The van der Waals surface area contributed by atoms with Crippen LogP contribution >= 0.6 is 0 Å². The third-order valence-electron chi connectivity index (χ3n) is 1.71. The Morgan fingerprint density at radius 1 is 1.36 bits per heavy atom. The summed E-state index contributed by atoms with van der Waals surface area (Å²) in [5.74, 6) is -0.391. The van der Waals surface area contributed by atoms with Crippen LogP contribution in [0.2, 0.25) is 0 Å². The third-order valence-corrected chi connectivity index (χ3v) is 1.71. The van der Waals surface area contributed by atoms with Gasteiger partial charge in [-0.15, -0.1) is 0 Å². The van der Waals surface area contributed by atoms with E-state index in [4.69, 9.17) is 0 Å². The first kappa shape index (κ1) is 10.4. The molecule has 0 radical (unpaired) electrons. The molecule has 0 fully saturated rings. The number of carbonyl (C=O) groups excluding carboxylic acids is 2. The van der Waals surface area contributed by atoms with E-state index < -0.39 is 0 Å². The summed E-state index contributed by atoms with van der Waals surface area (Å²) in [7, 11) is 0. The molecule has 0 aliphatic rings. The molecule has 0 unspecified atom stereocenters. The van der Waals surface area contributed by atoms with Gasteiger partial charge >= 0.3 is 0 Å². The van der Waals surface area contributed by atoms with Gasteiger partial charge in [0.05, 0.1) is 6.42 Å². The Bertz CT molecular complexity index is 358. The summed E-state index contributed by atoms with van der Waals surface area (Å²) in [6.45, 7) is 3.34. The maximum absolute atomic E-state index is 11.2. The normalized spacial score (nSPS) is 9.57. The number of nitrogens with one attached hydrogen (secondary N) is 1. The van der Waals surface area contributed by atoms with Crippen molar-refractivity contribution < 1.29 is 9.59 Å². The van der Waals surface area contributed by atoms with E-state index >= 15 is 0 Å². The van der Waals surface area contributed by atoms with Gasteiger partial charge in [-0.3, -0.25) is 9.59 Å². The van der Waals surface area contributed by atoms with Crippen molar-refractivity contribution in [3.05, 3.63) is 29.8 Å². The number of benzene rings is 1. The van der Waals surface area contributed by atoms with Crippen LogP contribution in [0, 0.1) is 6.92 Å². The molecule has 0 aliphatic heterocycles. The van der Waals surface area contributed by atoms with Crippen molar-refractivity contribution in [2.24, 2.45) is 0 Å². The number of rotatable bonds is 3. The summed E-state index contributed by atoms with van der Waals surface area (Å²) in [6, 6.07) is 7.46. The highest BCUT2D eigenvalue weighted by atomic mass is 16.2. The third kappa shape index (κ3) is 3.39. The van der Waals surface area contributed by atoms with Crippen LogP contribution in [0.5, 0.6) is 0 Å². The van der Waals surface area contributed by atoms with E-state index in [1.165, 1.54) is 6.92 Å². The topological polar surface area (TPSA) is 46.2 Å². The Kier molecular flexibility index (Phi) is 3.40. The molecule has 0 saturated heterocycles. The zero-order chi connectivity index (χ0) is 10.6. The van der Waals surface area contributed by atoms with E-state index in [0.717, 1.165) is 11.3 Å². The smallest absolute Gasteiger partial charge is 0.231 e. The molecule has 14 heavy (non-hydrogen) atoms. The lowest BCUT2D eigenvalue weighted by molar-refractivity contribution is -0.124. The van der Waals surface area contributed by atoms with Gasteiger partial charge in [0.15, 0.2) is 0 Å². The number of ketones is 1. The lowest BCUT2D eigenvalue weighted by atomic mass is 10.2. The van der Waals surface area contributed by atoms with Crippen molar-refractivity contribution in [3.8, 4) is 0 Å². The van der Waals surface area contributed by atoms with Gasteiger partial charge in [0.1, 0.15) is 5.78 Å². The SMILES string of the molecule is CC(=O)CC(=O)Nc1cccc(C)c1. The van der Waals surface area contributed by atoms with Gasteiger partial charge in [-0.2, -0.15) is 0 Å². The van der Waals surface area contributed by atoms with Crippen LogP contribution < -0.4 is 5.32 Å². The molecule has 0 aromatic heterocycles. The van der Waals surface area contributed by atoms with Crippen LogP contribution in [-0.4, -0.2) is 11.7 Å². The number of hydrogen-bond donors (Lipinski definition) is 1. The Balaban J connectivity index is 2.60. The molecule has 0 atom stereocenters. The van der Waals surface area contributed by atoms with E-state index in [2.05, 4.69) is 5.32 Å². The molecular formula is C11H13NO2. The number of amides is 1. The molecule has 0 bridgehead atoms. The quantitative estimate of drug-likeness (QED) is 0.742. The van der Waals surface area contributed by atoms with Crippen LogP contribution in [0.3, 0.4) is 0 Å². The molecule has 0 aliphatic carbocycles. The van der Waals surface area contributed by atoms with E-state index in [0.29, 0.717) is 0 Å². The van der Waals surface area contributed by atoms with Crippen LogP contribution in [-0.2, 0) is 9.59 Å². The number of carbonyl (C=O) groups is 2. The highest BCUT2D eigenvalue weighted by molar-refractivity contribution is 6.03. The Labute approximate surface area is 83.1 Å². The fraction of sp³-hybridized carbons (Fsp3) is 0.273. The van der Waals surface area contributed by atoms with Gasteiger partial charge in [-0.1, -0.05) is 12.1 Å². The molecule has 0 spiro atoms. The van der Waals surface area contributed by atoms with Crippen molar-refractivity contribution in [2.75, 3.05) is 5.32 Å². The fourth-order valence-electron chi connectivity index (χ4n) is 1.15. The van der Waals surface area contributed by atoms with Gasteiger partial charge in [0, 0.05) is 5.69 Å². The van der Waals surface area contributed by atoms with E-state index in [1.54, 1.807) is 6.07 Å². The van der Waals surface area contributed by atoms with Crippen molar-refractivity contribution in [1.82, 2.24) is 0 Å². The average molecular weight is 191 g/mol. The van der Waals surface area contributed by atoms with Crippen molar-refractivity contribution in [3.63, 3.8) is 0 Å². The maximum Gasteiger partial charge on any atom is 0.231 e. The number of hydrogen-bond acceptors (Lipinski definition) is 2. The Hall–Kier alpha value is -1.64. The molecule has 74 valence electrons. The van der Waals surface area contributed by atoms with Crippen molar-refractivity contribution in [2.45, 2.75) is 20.3 Å². The maximum atomic E-state index is 11.2. The highest BCUT2D eigenvalue weighted by Crippen LogP contribution is 2.09. The van der Waals surface area contributed by atoms with E-state index in [-0.39, 0.29) is 18.1 Å². The second kappa shape index (κ2) is 4.56. The Morgan fingerprint density at radius 2 is 2.07 bits per heavy atom. The van der Waals surface area contributed by atoms with Crippen LogP contribution in [0.25, 0.3) is 0 Å². The fourth-order valence-corrected chi connectivity index (χ4v) is 1.15. The first-order valence-corrected chi connectivity index (χ1v) is 4.44. The molecule has 1 amide bonds. The molecule has 3 nitrogen and oxygen atoms in total. The van der Waals surface area contributed by atoms with Crippen LogP contribution in [0.4, 0.5) is 5.69 Å². The molecule has 1 rings (SSSR count). The highest BCUT2D eigenvalue weighted by Gasteiger charge is 2.04. The van der Waals surface area contributed by atoms with Crippen LogP contribution in [0.1, 0.15) is 18.9 Å². The standard InChI is InChI=1S/C11H13NO2/c1-8-4-3-5-10(6-8)12-11(14)7-9(2)13/h3-6H,7H2,1-2H3,(H,12,14). The zero-order valence-electron chi connectivity index (χ0n) is 8.33. The summed E-state index contributed by atoms with van der Waals surface area (Å²) >= 11 is 0. The minimum absolute atomic E-state index is 0.0616. The lowest BCUT2D eigenvalue weighted by Gasteiger charge is -2.03. The molecule has 1 N–H and O–H groups in total. The predicted octanol–water partition coefficient (Wildman–Crippen LogP) is 1.91. The van der Waals surface area contributed by atoms with Crippen molar-refractivity contribution >= 4 is 17.4 Å². The average Bonchev–Trinajstić information content (AvgIpc) is 2.01. The summed E-state index contributed by atoms with van der Waals surface area (Å²) in [4.78, 5) is 21.9. The molecule has 1 aromatic rings. The molecule has 1 aromatic carbocycles. The molecule has 0 saturated carbocycles. The number of anilines is 1. The van der Waals surface area contributed by atoms with E-state index in [9.17, 15) is 9.59 Å². The Morgan fingerprint density at radius 3 is 2.64 bits per heavy atom. The second-order valence-electron chi connectivity index (χ2n) is 3.30. The number of Topliss-reactive ketones (excluding diaryl/α,β-unsaturated/α-hetero) is 1. The zero-order valence-corrected chi connectivity index (χ0v) is 8.33. The first-order chi connectivity index (χ1) is 6.58. The molecule has 3 heteroatoms. The summed E-state index contributed by atoms with van der Waals surface area (Å²) in [6.07, 6.45) is -0.0616. The van der Waals surface area contributed by atoms with Gasteiger partial charge < -0.3 is 5.32 Å². The molecule has 0 heterocycles. The van der Waals surface area contributed by atoms with Crippen molar-refractivity contribution in [1.29, 1.82) is 0 Å². The van der Waals surface area contributed by atoms with Crippen LogP contribution in [0.15, 0.2) is 24.3 Å². The summed E-state index contributed by atoms with van der Waals surface area (Å²) in [5.41, 5.74) is 1.81. The first-order valence-electron chi connectivity index (χ1n) is 4.44. The van der Waals surface area contributed by atoms with E-state index in [1.807, 2.05) is 25.1 Å². The van der Waals surface area contributed by atoms with Gasteiger partial charge in [0.2, 0.25) is 5.91 Å². The minimum atomic E-state index is -0.261. The van der Waals surface area contributed by atoms with Gasteiger partial charge in [0.25, 0.3) is 0 Å². The lowest BCUT2D eigenvalue weighted by Crippen LogP contribution is -2.14.